The van der Waals surface area contributed by atoms with Crippen LogP contribution in [0.5, 0.6) is 0 Å². The van der Waals surface area contributed by atoms with Crippen LogP contribution in [0.2, 0.25) is 0 Å². The van der Waals surface area contributed by atoms with E-state index in [1.165, 1.54) is 12.1 Å². The molecule has 2 fully saturated rings. The highest BCUT2D eigenvalue weighted by Gasteiger charge is 2.27. The van der Waals surface area contributed by atoms with Gasteiger partial charge in [-0.05, 0) is 31.0 Å². The third-order valence-corrected chi connectivity index (χ3v) is 4.05. The molecular formula is C16H21FN2O3. The lowest BCUT2D eigenvalue weighted by molar-refractivity contribution is -0.148. The molecular weight excluding hydrogens is 287 g/mol. The van der Waals surface area contributed by atoms with E-state index in [-0.39, 0.29) is 17.8 Å². The summed E-state index contributed by atoms with van der Waals surface area (Å²) in [5.41, 5.74) is 0.858. The summed E-state index contributed by atoms with van der Waals surface area (Å²) >= 11 is 0. The molecule has 2 aliphatic heterocycles. The monoisotopic (exact) mass is 308 g/mol. The minimum Gasteiger partial charge on any atom is -0.376 e. The number of anilines is 1. The molecule has 3 rings (SSSR count). The van der Waals surface area contributed by atoms with Crippen molar-refractivity contribution in [2.45, 2.75) is 25.0 Å². The van der Waals surface area contributed by atoms with Gasteiger partial charge in [0.15, 0.2) is 6.10 Å². The van der Waals surface area contributed by atoms with E-state index in [4.69, 9.17) is 9.47 Å². The first kappa shape index (κ1) is 15.2. The maximum atomic E-state index is 13.3. The highest BCUT2D eigenvalue weighted by Crippen LogP contribution is 2.21. The second-order valence-corrected chi connectivity index (χ2v) is 5.71. The molecule has 0 spiro atoms. The quantitative estimate of drug-likeness (QED) is 0.915. The number of benzene rings is 1. The average Bonchev–Trinajstić information content (AvgIpc) is 2.56. The van der Waals surface area contributed by atoms with Crippen molar-refractivity contribution < 1.29 is 18.7 Å². The van der Waals surface area contributed by atoms with Gasteiger partial charge in [0, 0.05) is 24.8 Å². The van der Waals surface area contributed by atoms with E-state index in [0.717, 1.165) is 25.1 Å². The maximum absolute atomic E-state index is 13.3. The lowest BCUT2D eigenvalue weighted by Crippen LogP contribution is -2.52. The van der Waals surface area contributed by atoms with E-state index in [1.54, 1.807) is 6.07 Å². The van der Waals surface area contributed by atoms with Crippen molar-refractivity contribution in [3.8, 4) is 0 Å². The molecule has 2 aliphatic rings. The van der Waals surface area contributed by atoms with Crippen LogP contribution in [0.3, 0.4) is 0 Å². The predicted octanol–water partition coefficient (Wildman–Crippen LogP) is 1.33. The minimum atomic E-state index is -0.515. The first-order valence-corrected chi connectivity index (χ1v) is 7.72. The molecule has 1 aromatic carbocycles. The zero-order valence-electron chi connectivity index (χ0n) is 12.5. The van der Waals surface area contributed by atoms with Gasteiger partial charge in [-0.15, -0.1) is 0 Å². The molecule has 0 aliphatic carbocycles. The van der Waals surface area contributed by atoms with Crippen molar-refractivity contribution in [3.63, 3.8) is 0 Å². The highest BCUT2D eigenvalue weighted by atomic mass is 19.1. The van der Waals surface area contributed by atoms with E-state index in [9.17, 15) is 9.18 Å². The van der Waals surface area contributed by atoms with Crippen LogP contribution in [0.15, 0.2) is 24.3 Å². The molecule has 6 heteroatoms. The van der Waals surface area contributed by atoms with Gasteiger partial charge in [0.2, 0.25) is 0 Å². The Balaban J connectivity index is 1.57. The number of hydrogen-bond acceptors (Lipinski definition) is 4. The van der Waals surface area contributed by atoms with Gasteiger partial charge in [0.05, 0.1) is 19.8 Å². The second-order valence-electron chi connectivity index (χ2n) is 5.71. The van der Waals surface area contributed by atoms with Gasteiger partial charge in [0.25, 0.3) is 5.91 Å². The predicted molar refractivity (Wildman–Crippen MR) is 80.3 cm³/mol. The van der Waals surface area contributed by atoms with E-state index >= 15 is 0 Å². The molecule has 0 unspecified atom stereocenters. The molecule has 0 saturated carbocycles. The number of ether oxygens (including phenoxy) is 2. The third kappa shape index (κ3) is 3.75. The number of rotatable bonds is 3. The van der Waals surface area contributed by atoms with Crippen molar-refractivity contribution in [1.29, 1.82) is 0 Å². The summed E-state index contributed by atoms with van der Waals surface area (Å²) in [5.74, 6) is -0.359. The smallest absolute Gasteiger partial charge is 0.251 e. The van der Waals surface area contributed by atoms with Gasteiger partial charge in [0.1, 0.15) is 5.82 Å². The summed E-state index contributed by atoms with van der Waals surface area (Å²) in [7, 11) is 0. The number of carbonyl (C=O) groups is 1. The molecule has 22 heavy (non-hydrogen) atoms. The zero-order chi connectivity index (χ0) is 15.4. The number of nitrogens with zero attached hydrogens (tertiary/aromatic N) is 1. The number of amides is 1. The molecule has 0 radical (unpaired) electrons. The molecule has 2 atom stereocenters. The average molecular weight is 308 g/mol. The Morgan fingerprint density at radius 1 is 1.36 bits per heavy atom. The molecule has 1 N–H and O–H groups in total. The van der Waals surface area contributed by atoms with Crippen LogP contribution < -0.4 is 10.2 Å². The maximum Gasteiger partial charge on any atom is 0.251 e. The molecule has 0 aromatic heterocycles. The number of halogens is 1. The summed E-state index contributed by atoms with van der Waals surface area (Å²) in [4.78, 5) is 14.3. The number of piperidine rings is 1. The molecule has 120 valence electrons. The number of nitrogens with one attached hydrogen (secondary N) is 1. The van der Waals surface area contributed by atoms with Crippen molar-refractivity contribution >= 4 is 11.6 Å². The van der Waals surface area contributed by atoms with Gasteiger partial charge >= 0.3 is 0 Å². The molecule has 0 bridgehead atoms. The second kappa shape index (κ2) is 7.07. The number of carbonyl (C=O) groups excluding carboxylic acids is 1. The van der Waals surface area contributed by atoms with Gasteiger partial charge in [-0.25, -0.2) is 4.39 Å². The first-order chi connectivity index (χ1) is 10.7. The lowest BCUT2D eigenvalue weighted by Gasteiger charge is -2.35. The van der Waals surface area contributed by atoms with Crippen LogP contribution in [-0.4, -0.2) is 51.0 Å². The Bertz CT molecular complexity index is 520. The Morgan fingerprint density at radius 2 is 2.27 bits per heavy atom. The van der Waals surface area contributed by atoms with Crippen molar-refractivity contribution in [2.75, 3.05) is 37.8 Å². The van der Waals surface area contributed by atoms with E-state index < -0.39 is 6.10 Å². The van der Waals surface area contributed by atoms with Crippen LogP contribution in [0, 0.1) is 5.82 Å². The molecule has 2 heterocycles. The van der Waals surface area contributed by atoms with Crippen LogP contribution in [0.4, 0.5) is 10.1 Å². The van der Waals surface area contributed by atoms with Crippen LogP contribution in [0.25, 0.3) is 0 Å². The molecule has 2 saturated heterocycles. The van der Waals surface area contributed by atoms with Crippen molar-refractivity contribution in [2.24, 2.45) is 0 Å². The molecule has 1 aromatic rings. The number of hydrogen-bond donors (Lipinski definition) is 1. The Hall–Kier alpha value is -1.66. The fourth-order valence-electron chi connectivity index (χ4n) is 2.94. The molecule has 5 nitrogen and oxygen atoms in total. The fraction of sp³-hybridized carbons (Fsp3) is 0.562. The third-order valence-electron chi connectivity index (χ3n) is 4.05. The summed E-state index contributed by atoms with van der Waals surface area (Å²) in [6.45, 7) is 2.87. The van der Waals surface area contributed by atoms with Gasteiger partial charge in [-0.3, -0.25) is 4.79 Å². The topological polar surface area (TPSA) is 50.8 Å². The van der Waals surface area contributed by atoms with Gasteiger partial charge < -0.3 is 19.7 Å². The Labute approximate surface area is 129 Å². The summed E-state index contributed by atoms with van der Waals surface area (Å²) in [6.07, 6.45) is 1.37. The van der Waals surface area contributed by atoms with Gasteiger partial charge in [-0.1, -0.05) is 6.07 Å². The highest BCUT2D eigenvalue weighted by molar-refractivity contribution is 5.81. The Kier molecular flexibility index (Phi) is 4.90. The van der Waals surface area contributed by atoms with Crippen LogP contribution in [-0.2, 0) is 14.3 Å². The van der Waals surface area contributed by atoms with Gasteiger partial charge in [-0.2, -0.15) is 0 Å². The van der Waals surface area contributed by atoms with Crippen LogP contribution in [0.1, 0.15) is 12.8 Å². The first-order valence-electron chi connectivity index (χ1n) is 7.72. The summed E-state index contributed by atoms with van der Waals surface area (Å²) in [5, 5.41) is 3.02. The normalized spacial score (nSPS) is 25.8. The SMILES string of the molecule is O=C(N[C@H]1CCCN(c2cccc(F)c2)C1)[C@H]1COCCO1. The largest absolute Gasteiger partial charge is 0.376 e. The van der Waals surface area contributed by atoms with Crippen LogP contribution >= 0.6 is 0 Å². The summed E-state index contributed by atoms with van der Waals surface area (Å²) < 4.78 is 24.0. The van der Waals surface area contributed by atoms with Crippen molar-refractivity contribution in [1.82, 2.24) is 5.32 Å². The zero-order valence-corrected chi connectivity index (χ0v) is 12.5. The van der Waals surface area contributed by atoms with E-state index in [0.29, 0.717) is 26.4 Å². The standard InChI is InChI=1S/C16H21FN2O3/c17-12-3-1-5-14(9-12)19-6-2-4-13(10-19)18-16(20)15-11-21-7-8-22-15/h1,3,5,9,13,15H,2,4,6-8,10-11H2,(H,18,20)/t13-,15+/m0/s1. The van der Waals surface area contributed by atoms with E-state index in [2.05, 4.69) is 10.2 Å². The van der Waals surface area contributed by atoms with Crippen molar-refractivity contribution in [3.05, 3.63) is 30.1 Å². The minimum absolute atomic E-state index is 0.0510. The Morgan fingerprint density at radius 3 is 3.05 bits per heavy atom. The summed E-state index contributed by atoms with van der Waals surface area (Å²) in [6, 6.07) is 6.62. The molecule has 1 amide bonds. The van der Waals surface area contributed by atoms with E-state index in [1.807, 2.05) is 6.07 Å². The lowest BCUT2D eigenvalue weighted by atomic mass is 10.0. The fourth-order valence-corrected chi connectivity index (χ4v) is 2.94.